The minimum atomic E-state index is 0.161. The Bertz CT molecular complexity index is 369. The lowest BCUT2D eigenvalue weighted by molar-refractivity contribution is 0.167. The van der Waals surface area contributed by atoms with E-state index in [1.54, 1.807) is 0 Å². The largest absolute Gasteiger partial charge is 0.297 e. The van der Waals surface area contributed by atoms with Gasteiger partial charge in [-0.1, -0.05) is 24.3 Å². The molecule has 0 saturated heterocycles. The molecule has 1 aromatic carbocycles. The molecule has 0 amide bonds. The van der Waals surface area contributed by atoms with Gasteiger partial charge in [-0.25, -0.2) is 4.85 Å². The number of rotatable bonds is 2. The fourth-order valence-corrected chi connectivity index (χ4v) is 1.24. The summed E-state index contributed by atoms with van der Waals surface area (Å²) in [6.07, 6.45) is 0. The normalized spacial score (nSPS) is 11.5. The van der Waals surface area contributed by atoms with E-state index < -0.39 is 0 Å². The Morgan fingerprint density at radius 1 is 1.33 bits per heavy atom. The molecule has 0 saturated carbocycles. The molecule has 2 heteroatoms. The van der Waals surface area contributed by atoms with Crippen LogP contribution in [0.2, 0.25) is 0 Å². The monoisotopic (exact) mass is 202 g/mol. The van der Waals surface area contributed by atoms with Gasteiger partial charge in [-0.05, 0) is 33.4 Å². The zero-order valence-corrected chi connectivity index (χ0v) is 9.91. The lowest BCUT2D eigenvalue weighted by Gasteiger charge is -2.32. The standard InChI is InChI=1S/C13H18N2/c1-13(2,3)15(5)10-11-7-6-8-12(9-11)14-4/h6-9H,10H2,1-3,5H3. The highest BCUT2D eigenvalue weighted by Crippen LogP contribution is 2.18. The van der Waals surface area contributed by atoms with Crippen molar-refractivity contribution in [2.75, 3.05) is 7.05 Å². The summed E-state index contributed by atoms with van der Waals surface area (Å²) in [5.41, 5.74) is 2.07. The van der Waals surface area contributed by atoms with Crippen LogP contribution in [0.5, 0.6) is 0 Å². The van der Waals surface area contributed by atoms with Crippen molar-refractivity contribution in [2.24, 2.45) is 0 Å². The zero-order chi connectivity index (χ0) is 11.5. The van der Waals surface area contributed by atoms with E-state index in [0.717, 1.165) is 12.2 Å². The fourth-order valence-electron chi connectivity index (χ4n) is 1.24. The summed E-state index contributed by atoms with van der Waals surface area (Å²) < 4.78 is 0. The van der Waals surface area contributed by atoms with E-state index in [2.05, 4.69) is 43.6 Å². The van der Waals surface area contributed by atoms with E-state index >= 15 is 0 Å². The van der Waals surface area contributed by atoms with Crippen molar-refractivity contribution < 1.29 is 0 Å². The second-order valence-electron chi connectivity index (χ2n) is 4.81. The first-order valence-electron chi connectivity index (χ1n) is 5.11. The minimum absolute atomic E-state index is 0.161. The van der Waals surface area contributed by atoms with Gasteiger partial charge in [-0.3, -0.25) is 4.90 Å². The van der Waals surface area contributed by atoms with Gasteiger partial charge in [0.25, 0.3) is 0 Å². The van der Waals surface area contributed by atoms with Crippen LogP contribution in [0, 0.1) is 6.57 Å². The van der Waals surface area contributed by atoms with E-state index in [-0.39, 0.29) is 5.54 Å². The van der Waals surface area contributed by atoms with Crippen LogP contribution >= 0.6 is 0 Å². The second kappa shape index (κ2) is 4.46. The van der Waals surface area contributed by atoms with Crippen LogP contribution in [0.25, 0.3) is 4.85 Å². The van der Waals surface area contributed by atoms with E-state index in [1.807, 2.05) is 18.2 Å². The van der Waals surface area contributed by atoms with Crippen molar-refractivity contribution >= 4 is 5.69 Å². The summed E-state index contributed by atoms with van der Waals surface area (Å²) in [6.45, 7) is 14.4. The van der Waals surface area contributed by atoms with E-state index in [0.29, 0.717) is 0 Å². The summed E-state index contributed by atoms with van der Waals surface area (Å²) in [5.74, 6) is 0. The number of benzene rings is 1. The van der Waals surface area contributed by atoms with Crippen molar-refractivity contribution in [3.63, 3.8) is 0 Å². The van der Waals surface area contributed by atoms with E-state index in [1.165, 1.54) is 5.56 Å². The maximum Gasteiger partial charge on any atom is 0.187 e. The first-order valence-corrected chi connectivity index (χ1v) is 5.11. The van der Waals surface area contributed by atoms with Crippen molar-refractivity contribution in [3.8, 4) is 0 Å². The first-order chi connectivity index (χ1) is 6.93. The maximum absolute atomic E-state index is 6.96. The summed E-state index contributed by atoms with van der Waals surface area (Å²) in [5, 5.41) is 0. The molecule has 0 spiro atoms. The molecule has 1 aromatic rings. The Morgan fingerprint density at radius 2 is 2.00 bits per heavy atom. The predicted octanol–water partition coefficient (Wildman–Crippen LogP) is 3.47. The molecule has 0 heterocycles. The van der Waals surface area contributed by atoms with Crippen LogP contribution in [0.3, 0.4) is 0 Å². The molecule has 0 unspecified atom stereocenters. The average Bonchev–Trinajstić information content (AvgIpc) is 2.16. The molecule has 1 rings (SSSR count). The van der Waals surface area contributed by atoms with Gasteiger partial charge >= 0.3 is 0 Å². The summed E-state index contributed by atoms with van der Waals surface area (Å²) in [7, 11) is 2.10. The fraction of sp³-hybridized carbons (Fsp3) is 0.462. The molecule has 0 aliphatic rings. The topological polar surface area (TPSA) is 7.60 Å². The van der Waals surface area contributed by atoms with Crippen molar-refractivity contribution in [1.82, 2.24) is 4.90 Å². The van der Waals surface area contributed by atoms with Crippen LogP contribution < -0.4 is 0 Å². The Hall–Kier alpha value is -1.33. The number of hydrogen-bond donors (Lipinski definition) is 0. The minimum Gasteiger partial charge on any atom is -0.297 e. The maximum atomic E-state index is 6.96. The second-order valence-corrected chi connectivity index (χ2v) is 4.81. The van der Waals surface area contributed by atoms with Gasteiger partial charge in [0.15, 0.2) is 5.69 Å². The third kappa shape index (κ3) is 3.38. The van der Waals surface area contributed by atoms with Gasteiger partial charge in [-0.2, -0.15) is 0 Å². The Balaban J connectivity index is 2.78. The molecule has 0 aromatic heterocycles. The quantitative estimate of drug-likeness (QED) is 0.666. The molecule has 0 atom stereocenters. The van der Waals surface area contributed by atoms with Crippen molar-refractivity contribution in [1.29, 1.82) is 0 Å². The molecule has 0 radical (unpaired) electrons. The highest BCUT2D eigenvalue weighted by Gasteiger charge is 2.16. The molecule has 80 valence electrons. The van der Waals surface area contributed by atoms with E-state index in [4.69, 9.17) is 6.57 Å². The molecule has 15 heavy (non-hydrogen) atoms. The first kappa shape index (κ1) is 11.7. The summed E-state index contributed by atoms with van der Waals surface area (Å²) in [6, 6.07) is 7.80. The van der Waals surface area contributed by atoms with Crippen molar-refractivity contribution in [3.05, 3.63) is 41.2 Å². The third-order valence-electron chi connectivity index (χ3n) is 2.60. The molecular weight excluding hydrogens is 184 g/mol. The molecule has 2 nitrogen and oxygen atoms in total. The Labute approximate surface area is 92.3 Å². The highest BCUT2D eigenvalue weighted by molar-refractivity contribution is 5.46. The van der Waals surface area contributed by atoms with Gasteiger partial charge in [0.2, 0.25) is 0 Å². The summed E-state index contributed by atoms with van der Waals surface area (Å²) >= 11 is 0. The lowest BCUT2D eigenvalue weighted by Crippen LogP contribution is -2.37. The zero-order valence-electron chi connectivity index (χ0n) is 9.91. The smallest absolute Gasteiger partial charge is 0.187 e. The molecule has 0 aliphatic heterocycles. The van der Waals surface area contributed by atoms with Gasteiger partial charge in [-0.15, -0.1) is 0 Å². The highest BCUT2D eigenvalue weighted by atomic mass is 15.1. The number of nitrogens with zero attached hydrogens (tertiary/aromatic N) is 2. The van der Waals surface area contributed by atoms with Gasteiger partial charge in [0, 0.05) is 12.1 Å². The van der Waals surface area contributed by atoms with E-state index in [9.17, 15) is 0 Å². The van der Waals surface area contributed by atoms with Crippen LogP contribution in [-0.2, 0) is 6.54 Å². The van der Waals surface area contributed by atoms with Gasteiger partial charge in [0.1, 0.15) is 0 Å². The van der Waals surface area contributed by atoms with Crippen LogP contribution in [0.4, 0.5) is 5.69 Å². The van der Waals surface area contributed by atoms with Gasteiger partial charge < -0.3 is 0 Å². The molecule has 0 N–H and O–H groups in total. The van der Waals surface area contributed by atoms with Crippen LogP contribution in [0.1, 0.15) is 26.3 Å². The van der Waals surface area contributed by atoms with Crippen LogP contribution in [0.15, 0.2) is 24.3 Å². The third-order valence-corrected chi connectivity index (χ3v) is 2.60. The molecule has 0 aliphatic carbocycles. The average molecular weight is 202 g/mol. The van der Waals surface area contributed by atoms with Crippen molar-refractivity contribution in [2.45, 2.75) is 32.9 Å². The number of hydrogen-bond acceptors (Lipinski definition) is 1. The lowest BCUT2D eigenvalue weighted by atomic mass is 10.1. The molecule has 0 fully saturated rings. The Morgan fingerprint density at radius 3 is 2.53 bits per heavy atom. The van der Waals surface area contributed by atoms with Crippen LogP contribution in [-0.4, -0.2) is 17.5 Å². The Kier molecular flexibility index (Phi) is 3.49. The molecular formula is C13H18N2. The summed E-state index contributed by atoms with van der Waals surface area (Å²) in [4.78, 5) is 5.71. The van der Waals surface area contributed by atoms with Gasteiger partial charge in [0.05, 0.1) is 6.57 Å². The molecule has 0 bridgehead atoms. The predicted molar refractivity (Wildman–Crippen MR) is 63.9 cm³/mol. The SMILES string of the molecule is [C-]#[N+]c1cccc(CN(C)C(C)(C)C)c1.